The molecule has 2 aromatic rings. The van der Waals surface area contributed by atoms with Crippen molar-refractivity contribution in [3.8, 4) is 5.75 Å². The fourth-order valence-electron chi connectivity index (χ4n) is 3.21. The Labute approximate surface area is 112 Å². The molecule has 0 saturated heterocycles. The lowest BCUT2D eigenvalue weighted by Gasteiger charge is -2.16. The molecule has 3 nitrogen and oxygen atoms in total. The minimum atomic E-state index is -0.299. The summed E-state index contributed by atoms with van der Waals surface area (Å²) >= 11 is 0. The van der Waals surface area contributed by atoms with Crippen molar-refractivity contribution in [2.24, 2.45) is 5.73 Å². The molecule has 4 heteroatoms. The van der Waals surface area contributed by atoms with E-state index in [0.29, 0.717) is 5.75 Å². The Morgan fingerprint density at radius 1 is 1.42 bits per heavy atom. The number of hydrogen-bond acceptors (Lipinski definition) is 2. The molecule has 0 unspecified atom stereocenters. The Hall–Kier alpha value is -1.55. The van der Waals surface area contributed by atoms with Crippen LogP contribution in [-0.4, -0.2) is 11.7 Å². The van der Waals surface area contributed by atoms with Gasteiger partial charge in [0.05, 0.1) is 18.8 Å². The standard InChI is InChI=1S/C15H19FN2O/c1-3-13(17)18-11-6-4-5-9(11)14-12(18)8-7-10(16)15(14)19-2/h7-8,13H,3-6,17H2,1-2H3/t13-/m0/s1. The topological polar surface area (TPSA) is 40.2 Å². The number of hydrogen-bond donors (Lipinski definition) is 1. The zero-order valence-electron chi connectivity index (χ0n) is 11.4. The number of halogens is 1. The first-order valence-electron chi connectivity index (χ1n) is 6.82. The maximum absolute atomic E-state index is 13.9. The second kappa shape index (κ2) is 4.53. The summed E-state index contributed by atoms with van der Waals surface area (Å²) in [5.41, 5.74) is 9.71. The Morgan fingerprint density at radius 3 is 2.89 bits per heavy atom. The molecule has 0 aliphatic heterocycles. The molecule has 0 bridgehead atoms. The lowest BCUT2D eigenvalue weighted by molar-refractivity contribution is 0.391. The van der Waals surface area contributed by atoms with E-state index in [0.717, 1.165) is 36.6 Å². The molecule has 1 heterocycles. The van der Waals surface area contributed by atoms with E-state index in [4.69, 9.17) is 10.5 Å². The number of benzene rings is 1. The van der Waals surface area contributed by atoms with Crippen molar-refractivity contribution in [1.29, 1.82) is 0 Å². The molecular weight excluding hydrogens is 243 g/mol. The summed E-state index contributed by atoms with van der Waals surface area (Å²) < 4.78 is 21.4. The van der Waals surface area contributed by atoms with Gasteiger partial charge in [-0.3, -0.25) is 0 Å². The first kappa shape index (κ1) is 12.5. The van der Waals surface area contributed by atoms with Crippen LogP contribution in [-0.2, 0) is 12.8 Å². The van der Waals surface area contributed by atoms with Gasteiger partial charge in [-0.25, -0.2) is 4.39 Å². The molecule has 0 saturated carbocycles. The van der Waals surface area contributed by atoms with Crippen LogP contribution in [0.25, 0.3) is 10.9 Å². The van der Waals surface area contributed by atoms with E-state index >= 15 is 0 Å². The average molecular weight is 262 g/mol. The van der Waals surface area contributed by atoms with E-state index in [1.807, 2.05) is 6.07 Å². The molecule has 19 heavy (non-hydrogen) atoms. The molecule has 1 aromatic carbocycles. The largest absolute Gasteiger partial charge is 0.493 e. The van der Waals surface area contributed by atoms with Crippen LogP contribution in [0.15, 0.2) is 12.1 Å². The van der Waals surface area contributed by atoms with E-state index in [2.05, 4.69) is 11.5 Å². The molecule has 0 radical (unpaired) electrons. The van der Waals surface area contributed by atoms with E-state index in [1.54, 1.807) is 0 Å². The van der Waals surface area contributed by atoms with Gasteiger partial charge in [-0.15, -0.1) is 0 Å². The average Bonchev–Trinajstić information content (AvgIpc) is 2.98. The predicted octanol–water partition coefficient (Wildman–Crippen LogP) is 3.15. The van der Waals surface area contributed by atoms with Crippen LogP contribution in [0, 0.1) is 5.82 Å². The maximum atomic E-state index is 13.9. The number of rotatable bonds is 3. The predicted molar refractivity (Wildman–Crippen MR) is 74.0 cm³/mol. The highest BCUT2D eigenvalue weighted by Crippen LogP contribution is 2.40. The Kier molecular flexibility index (Phi) is 2.97. The molecule has 2 N–H and O–H groups in total. The van der Waals surface area contributed by atoms with Gasteiger partial charge in [0.25, 0.3) is 0 Å². The summed E-state index contributed by atoms with van der Waals surface area (Å²) in [5.74, 6) is 0.0598. The molecule has 1 aliphatic rings. The monoisotopic (exact) mass is 262 g/mol. The second-order valence-electron chi connectivity index (χ2n) is 5.10. The number of nitrogens with two attached hydrogens (primary N) is 1. The fourth-order valence-corrected chi connectivity index (χ4v) is 3.21. The van der Waals surface area contributed by atoms with Crippen LogP contribution >= 0.6 is 0 Å². The quantitative estimate of drug-likeness (QED) is 0.923. The number of ether oxygens (including phenoxy) is 1. The van der Waals surface area contributed by atoms with Gasteiger partial charge in [-0.05, 0) is 43.4 Å². The highest BCUT2D eigenvalue weighted by atomic mass is 19.1. The van der Waals surface area contributed by atoms with Gasteiger partial charge in [-0.1, -0.05) is 6.92 Å². The molecule has 102 valence electrons. The van der Waals surface area contributed by atoms with Crippen molar-refractivity contribution in [3.05, 3.63) is 29.2 Å². The first-order chi connectivity index (χ1) is 9.19. The lowest BCUT2D eigenvalue weighted by Crippen LogP contribution is -2.19. The maximum Gasteiger partial charge on any atom is 0.165 e. The SMILES string of the molecule is CC[C@@H](N)n1c2c(c3c(OC)c(F)ccc31)CCC2. The lowest BCUT2D eigenvalue weighted by atomic mass is 10.1. The Balaban J connectivity index is 2.39. The van der Waals surface area contributed by atoms with E-state index in [1.165, 1.54) is 24.4 Å². The summed E-state index contributed by atoms with van der Waals surface area (Å²) in [6.45, 7) is 2.07. The Bertz CT molecular complexity index is 633. The summed E-state index contributed by atoms with van der Waals surface area (Å²) in [5, 5.41) is 0.916. The van der Waals surface area contributed by atoms with Crippen molar-refractivity contribution in [1.82, 2.24) is 4.57 Å². The van der Waals surface area contributed by atoms with Crippen molar-refractivity contribution in [2.75, 3.05) is 7.11 Å². The van der Waals surface area contributed by atoms with Gasteiger partial charge < -0.3 is 15.0 Å². The number of aromatic nitrogens is 1. The van der Waals surface area contributed by atoms with Gasteiger partial charge >= 0.3 is 0 Å². The Morgan fingerprint density at radius 2 is 2.21 bits per heavy atom. The highest BCUT2D eigenvalue weighted by molar-refractivity contribution is 5.92. The summed E-state index contributed by atoms with van der Waals surface area (Å²) in [6.07, 6.45) is 3.91. The van der Waals surface area contributed by atoms with Crippen molar-refractivity contribution in [3.63, 3.8) is 0 Å². The minimum absolute atomic E-state index is 0.0560. The summed E-state index contributed by atoms with van der Waals surface area (Å²) in [7, 11) is 1.52. The molecule has 1 atom stereocenters. The molecule has 0 fully saturated rings. The van der Waals surface area contributed by atoms with Gasteiger partial charge in [0.15, 0.2) is 11.6 Å². The van der Waals surface area contributed by atoms with Crippen molar-refractivity contribution in [2.45, 2.75) is 38.8 Å². The zero-order chi connectivity index (χ0) is 13.6. The van der Waals surface area contributed by atoms with Crippen LogP contribution in [0.1, 0.15) is 37.2 Å². The molecule has 0 spiro atoms. The van der Waals surface area contributed by atoms with Crippen LogP contribution in [0.3, 0.4) is 0 Å². The van der Waals surface area contributed by atoms with E-state index in [-0.39, 0.29) is 12.0 Å². The summed E-state index contributed by atoms with van der Waals surface area (Å²) in [6, 6.07) is 3.29. The van der Waals surface area contributed by atoms with E-state index < -0.39 is 0 Å². The van der Waals surface area contributed by atoms with Crippen molar-refractivity contribution < 1.29 is 9.13 Å². The minimum Gasteiger partial charge on any atom is -0.493 e. The molecule has 1 aromatic heterocycles. The third-order valence-corrected chi connectivity index (χ3v) is 4.08. The fraction of sp³-hybridized carbons (Fsp3) is 0.467. The van der Waals surface area contributed by atoms with Crippen LogP contribution in [0.2, 0.25) is 0 Å². The number of aryl methyl sites for hydroxylation is 1. The van der Waals surface area contributed by atoms with Gasteiger partial charge in [0, 0.05) is 11.1 Å². The zero-order valence-corrected chi connectivity index (χ0v) is 11.4. The molecule has 3 rings (SSSR count). The molecular formula is C15H19FN2O. The van der Waals surface area contributed by atoms with Gasteiger partial charge in [0.1, 0.15) is 0 Å². The number of fused-ring (bicyclic) bond motifs is 3. The van der Waals surface area contributed by atoms with E-state index in [9.17, 15) is 4.39 Å². The van der Waals surface area contributed by atoms with Crippen molar-refractivity contribution >= 4 is 10.9 Å². The van der Waals surface area contributed by atoms with Crippen LogP contribution in [0.5, 0.6) is 5.75 Å². The molecule has 1 aliphatic carbocycles. The number of methoxy groups -OCH3 is 1. The smallest absolute Gasteiger partial charge is 0.165 e. The highest BCUT2D eigenvalue weighted by Gasteiger charge is 2.26. The van der Waals surface area contributed by atoms with Gasteiger partial charge in [-0.2, -0.15) is 0 Å². The first-order valence-corrected chi connectivity index (χ1v) is 6.82. The number of nitrogens with zero attached hydrogens (tertiary/aromatic N) is 1. The normalized spacial score (nSPS) is 15.8. The van der Waals surface area contributed by atoms with Crippen LogP contribution in [0.4, 0.5) is 4.39 Å². The molecule has 0 amide bonds. The third kappa shape index (κ3) is 1.66. The van der Waals surface area contributed by atoms with Gasteiger partial charge in [0.2, 0.25) is 0 Å². The summed E-state index contributed by atoms with van der Waals surface area (Å²) in [4.78, 5) is 0. The third-order valence-electron chi connectivity index (χ3n) is 4.08. The second-order valence-corrected chi connectivity index (χ2v) is 5.10. The van der Waals surface area contributed by atoms with Crippen LogP contribution < -0.4 is 10.5 Å².